The number of carbonyl (C=O) groups excluding carboxylic acids is 1. The number of benzene rings is 2. The fourth-order valence-corrected chi connectivity index (χ4v) is 2.38. The number of amidine groups is 1. The number of nitrogens with zero attached hydrogens (tertiary/aromatic N) is 1. The van der Waals surface area contributed by atoms with Gasteiger partial charge in [0.15, 0.2) is 0 Å². The van der Waals surface area contributed by atoms with E-state index >= 15 is 0 Å². The molecule has 0 saturated heterocycles. The van der Waals surface area contributed by atoms with Gasteiger partial charge in [-0.25, -0.2) is 4.79 Å². The Morgan fingerprint density at radius 1 is 1.13 bits per heavy atom. The van der Waals surface area contributed by atoms with Crippen molar-refractivity contribution in [3.63, 3.8) is 0 Å². The zero-order valence-corrected chi connectivity index (χ0v) is 13.4. The second-order valence-electron chi connectivity index (χ2n) is 4.62. The molecule has 5 nitrogen and oxygen atoms in total. The molecule has 7 heteroatoms. The highest BCUT2D eigenvalue weighted by molar-refractivity contribution is 6.36. The van der Waals surface area contributed by atoms with E-state index in [9.17, 15) is 4.79 Å². The van der Waals surface area contributed by atoms with E-state index in [1.165, 1.54) is 0 Å². The molecule has 0 aromatic heterocycles. The predicted molar refractivity (Wildman–Crippen MR) is 91.2 cm³/mol. The van der Waals surface area contributed by atoms with Crippen LogP contribution in [-0.2, 0) is 6.42 Å². The van der Waals surface area contributed by atoms with Crippen LogP contribution in [-0.4, -0.2) is 11.9 Å². The first-order chi connectivity index (χ1) is 11.0. The number of halogens is 2. The predicted octanol–water partition coefficient (Wildman–Crippen LogP) is 4.21. The summed E-state index contributed by atoms with van der Waals surface area (Å²) in [6, 6.07) is 12.9. The number of nitriles is 1. The van der Waals surface area contributed by atoms with Crippen molar-refractivity contribution in [3.8, 4) is 6.07 Å². The first-order valence-electron chi connectivity index (χ1n) is 6.58. The summed E-state index contributed by atoms with van der Waals surface area (Å²) in [6.45, 7) is 0. The van der Waals surface area contributed by atoms with E-state index in [2.05, 4.69) is 10.6 Å². The molecule has 2 amide bonds. The van der Waals surface area contributed by atoms with E-state index in [1.807, 2.05) is 6.07 Å². The average molecular weight is 347 g/mol. The zero-order valence-electron chi connectivity index (χ0n) is 11.9. The van der Waals surface area contributed by atoms with Crippen LogP contribution in [0.25, 0.3) is 0 Å². The number of carbonyl (C=O) groups is 1. The second kappa shape index (κ2) is 7.63. The number of urea groups is 1. The smallest absolute Gasteiger partial charge is 0.308 e. The summed E-state index contributed by atoms with van der Waals surface area (Å²) in [5.74, 6) is -0.0360. The topological polar surface area (TPSA) is 88.8 Å². The minimum atomic E-state index is -0.553. The maximum absolute atomic E-state index is 11.8. The van der Waals surface area contributed by atoms with Crippen LogP contribution in [0.1, 0.15) is 11.1 Å². The fraction of sp³-hybridized carbons (Fsp3) is 0.0625. The Bertz CT molecular complexity index is 761. The molecular weight excluding hydrogens is 335 g/mol. The van der Waals surface area contributed by atoms with Crippen LogP contribution in [0.3, 0.4) is 0 Å². The van der Waals surface area contributed by atoms with Crippen molar-refractivity contribution in [2.45, 2.75) is 6.42 Å². The average Bonchev–Trinajstić information content (AvgIpc) is 2.51. The van der Waals surface area contributed by atoms with Crippen molar-refractivity contribution >= 4 is 40.8 Å². The molecule has 0 aliphatic heterocycles. The van der Waals surface area contributed by atoms with Crippen LogP contribution in [0.15, 0.2) is 42.5 Å². The molecule has 23 heavy (non-hydrogen) atoms. The molecule has 0 aliphatic carbocycles. The lowest BCUT2D eigenvalue weighted by atomic mass is 10.1. The molecule has 0 unspecified atom stereocenters. The van der Waals surface area contributed by atoms with E-state index in [4.69, 9.17) is 33.9 Å². The highest BCUT2D eigenvalue weighted by atomic mass is 35.5. The zero-order chi connectivity index (χ0) is 16.8. The first-order valence-corrected chi connectivity index (χ1v) is 7.33. The summed E-state index contributed by atoms with van der Waals surface area (Å²) in [5, 5.41) is 22.4. The van der Waals surface area contributed by atoms with Crippen LogP contribution in [0.5, 0.6) is 0 Å². The van der Waals surface area contributed by atoms with Crippen molar-refractivity contribution in [1.29, 1.82) is 10.7 Å². The number of rotatable bonds is 3. The van der Waals surface area contributed by atoms with Crippen LogP contribution in [0.2, 0.25) is 10.0 Å². The molecule has 116 valence electrons. The minimum absolute atomic E-state index is 0.0360. The standard InChI is InChI=1S/C16H12Cl2N4O/c17-13-2-1-3-14(18)12(13)8-15(20)22-16(23)21-11-6-4-10(9-19)5-7-11/h1-7H,8H2,(H3,20,21,22,23). The Morgan fingerprint density at radius 3 is 2.30 bits per heavy atom. The van der Waals surface area contributed by atoms with E-state index in [-0.39, 0.29) is 12.3 Å². The van der Waals surface area contributed by atoms with Gasteiger partial charge in [-0.1, -0.05) is 29.3 Å². The molecule has 0 atom stereocenters. The van der Waals surface area contributed by atoms with Crippen LogP contribution in [0.4, 0.5) is 10.5 Å². The molecule has 0 heterocycles. The largest absolute Gasteiger partial charge is 0.324 e. The maximum atomic E-state index is 11.8. The Labute approximate surface area is 143 Å². The number of hydrogen-bond acceptors (Lipinski definition) is 3. The van der Waals surface area contributed by atoms with Gasteiger partial charge in [0.25, 0.3) is 0 Å². The lowest BCUT2D eigenvalue weighted by Gasteiger charge is -2.10. The Balaban J connectivity index is 1.94. The van der Waals surface area contributed by atoms with Crippen LogP contribution in [0, 0.1) is 16.7 Å². The van der Waals surface area contributed by atoms with Gasteiger partial charge < -0.3 is 5.32 Å². The Hall–Kier alpha value is -2.55. The summed E-state index contributed by atoms with van der Waals surface area (Å²) >= 11 is 12.1. The highest BCUT2D eigenvalue weighted by Crippen LogP contribution is 2.24. The van der Waals surface area contributed by atoms with Gasteiger partial charge >= 0.3 is 6.03 Å². The Kier molecular flexibility index (Phi) is 5.58. The summed E-state index contributed by atoms with van der Waals surface area (Å²) in [4.78, 5) is 11.8. The van der Waals surface area contributed by atoms with Gasteiger partial charge in [0.1, 0.15) is 5.84 Å². The van der Waals surface area contributed by atoms with Crippen molar-refractivity contribution < 1.29 is 4.79 Å². The third-order valence-corrected chi connectivity index (χ3v) is 3.66. The molecule has 0 spiro atoms. The molecule has 0 aliphatic rings. The third-order valence-electron chi connectivity index (χ3n) is 2.95. The minimum Gasteiger partial charge on any atom is -0.308 e. The van der Waals surface area contributed by atoms with Crippen LogP contribution < -0.4 is 10.6 Å². The third kappa shape index (κ3) is 4.71. The monoisotopic (exact) mass is 346 g/mol. The lowest BCUT2D eigenvalue weighted by molar-refractivity contribution is 0.256. The molecule has 2 aromatic rings. The first kappa shape index (κ1) is 16.8. The second-order valence-corrected chi connectivity index (χ2v) is 5.44. The van der Waals surface area contributed by atoms with E-state index in [0.717, 1.165) is 0 Å². The molecule has 0 fully saturated rings. The fourth-order valence-electron chi connectivity index (χ4n) is 1.85. The van der Waals surface area contributed by atoms with E-state index in [0.29, 0.717) is 26.9 Å². The summed E-state index contributed by atoms with van der Waals surface area (Å²) in [7, 11) is 0. The van der Waals surface area contributed by atoms with Gasteiger partial charge in [-0.3, -0.25) is 10.7 Å². The van der Waals surface area contributed by atoms with Crippen molar-refractivity contribution in [2.24, 2.45) is 0 Å². The van der Waals surface area contributed by atoms with Gasteiger partial charge in [0.2, 0.25) is 0 Å². The molecule has 2 aromatic carbocycles. The van der Waals surface area contributed by atoms with Gasteiger partial charge in [-0.05, 0) is 42.0 Å². The molecule has 0 saturated carbocycles. The maximum Gasteiger partial charge on any atom is 0.324 e. The Morgan fingerprint density at radius 2 is 1.74 bits per heavy atom. The SMILES string of the molecule is N#Cc1ccc(NC(=O)NC(=N)Cc2c(Cl)cccc2Cl)cc1. The van der Waals surface area contributed by atoms with Gasteiger partial charge in [-0.2, -0.15) is 5.26 Å². The van der Waals surface area contributed by atoms with Gasteiger partial charge in [-0.15, -0.1) is 0 Å². The molecular formula is C16H12Cl2N4O. The number of hydrogen-bond donors (Lipinski definition) is 3. The number of anilines is 1. The highest BCUT2D eigenvalue weighted by Gasteiger charge is 2.11. The molecule has 3 N–H and O–H groups in total. The summed E-state index contributed by atoms with van der Waals surface area (Å²) < 4.78 is 0. The van der Waals surface area contributed by atoms with Crippen molar-refractivity contribution in [2.75, 3.05) is 5.32 Å². The van der Waals surface area contributed by atoms with Crippen molar-refractivity contribution in [3.05, 3.63) is 63.6 Å². The summed E-state index contributed by atoms with van der Waals surface area (Å²) in [5.41, 5.74) is 1.60. The molecule has 0 bridgehead atoms. The van der Waals surface area contributed by atoms with Gasteiger partial charge in [0, 0.05) is 22.2 Å². The van der Waals surface area contributed by atoms with Crippen molar-refractivity contribution in [1.82, 2.24) is 5.32 Å². The van der Waals surface area contributed by atoms with Crippen LogP contribution >= 0.6 is 23.2 Å². The normalized spacial score (nSPS) is 9.78. The number of nitrogens with one attached hydrogen (secondary N) is 3. The van der Waals surface area contributed by atoms with Gasteiger partial charge in [0.05, 0.1) is 11.6 Å². The number of amides is 2. The van der Waals surface area contributed by atoms with E-state index in [1.54, 1.807) is 42.5 Å². The lowest BCUT2D eigenvalue weighted by Crippen LogP contribution is -2.35. The molecule has 0 radical (unpaired) electrons. The quantitative estimate of drug-likeness (QED) is 0.574. The van der Waals surface area contributed by atoms with E-state index < -0.39 is 6.03 Å². The summed E-state index contributed by atoms with van der Waals surface area (Å²) in [6.07, 6.45) is 0.110. The molecule has 2 rings (SSSR count).